The molecule has 3 amide bonds. The molecule has 40 heavy (non-hydrogen) atoms. The summed E-state index contributed by atoms with van der Waals surface area (Å²) in [6.07, 6.45) is 1.79. The molecule has 2 aromatic carbocycles. The van der Waals surface area contributed by atoms with Gasteiger partial charge in [-0.1, -0.05) is 18.2 Å². The van der Waals surface area contributed by atoms with Crippen LogP contribution in [0, 0.1) is 0 Å². The summed E-state index contributed by atoms with van der Waals surface area (Å²) in [5, 5.41) is 7.69. The van der Waals surface area contributed by atoms with E-state index >= 15 is 0 Å². The summed E-state index contributed by atoms with van der Waals surface area (Å²) in [7, 11) is 0. The molecule has 1 N–H and O–H groups in total. The van der Waals surface area contributed by atoms with Crippen LogP contribution in [0.5, 0.6) is 0 Å². The van der Waals surface area contributed by atoms with Gasteiger partial charge in [0.1, 0.15) is 5.60 Å². The van der Waals surface area contributed by atoms with Gasteiger partial charge < -0.3 is 19.9 Å². The lowest BCUT2D eigenvalue weighted by Gasteiger charge is -2.35. The van der Waals surface area contributed by atoms with Crippen molar-refractivity contribution < 1.29 is 19.1 Å². The molecule has 6 rings (SSSR count). The van der Waals surface area contributed by atoms with Gasteiger partial charge >= 0.3 is 6.09 Å². The minimum Gasteiger partial charge on any atom is -0.444 e. The van der Waals surface area contributed by atoms with Crippen molar-refractivity contribution in [3.63, 3.8) is 0 Å². The van der Waals surface area contributed by atoms with E-state index in [-0.39, 0.29) is 17.9 Å². The first-order valence-corrected chi connectivity index (χ1v) is 13.3. The van der Waals surface area contributed by atoms with Crippen molar-refractivity contribution in [2.24, 2.45) is 0 Å². The van der Waals surface area contributed by atoms with Crippen molar-refractivity contribution in [2.45, 2.75) is 32.8 Å². The van der Waals surface area contributed by atoms with Crippen LogP contribution in [0.1, 0.15) is 36.7 Å². The molecule has 2 aliphatic rings. The number of fused-ring (bicyclic) bond motifs is 2. The van der Waals surface area contributed by atoms with Crippen LogP contribution in [0.15, 0.2) is 60.8 Å². The maximum atomic E-state index is 13.1. The van der Waals surface area contributed by atoms with Gasteiger partial charge in [-0.3, -0.25) is 9.59 Å². The monoisotopic (exact) mass is 538 g/mol. The van der Waals surface area contributed by atoms with Crippen molar-refractivity contribution in [3.8, 4) is 22.5 Å². The lowest BCUT2D eigenvalue weighted by molar-refractivity contribution is -0.115. The predicted molar refractivity (Wildman–Crippen MR) is 150 cm³/mol. The minimum atomic E-state index is -0.550. The molecule has 1 saturated heterocycles. The summed E-state index contributed by atoms with van der Waals surface area (Å²) in [5.74, 6) is -0.0732. The van der Waals surface area contributed by atoms with Crippen LogP contribution in [0.25, 0.3) is 28.2 Å². The van der Waals surface area contributed by atoms with E-state index in [1.807, 2.05) is 75.4 Å². The maximum absolute atomic E-state index is 13.1. The molecule has 204 valence electrons. The molecule has 10 heteroatoms. The normalized spacial score (nSPS) is 15.2. The molecule has 0 bridgehead atoms. The maximum Gasteiger partial charge on any atom is 0.410 e. The molecule has 2 aromatic heterocycles. The summed E-state index contributed by atoms with van der Waals surface area (Å²) >= 11 is 0. The molecule has 1 fully saturated rings. The molecular weight excluding hydrogens is 508 g/mol. The second-order valence-corrected chi connectivity index (χ2v) is 11.1. The van der Waals surface area contributed by atoms with Gasteiger partial charge in [-0.25, -0.2) is 14.3 Å². The van der Waals surface area contributed by atoms with Crippen LogP contribution in [0.2, 0.25) is 0 Å². The number of hydrogen-bond acceptors (Lipinski definition) is 6. The van der Waals surface area contributed by atoms with E-state index in [0.717, 1.165) is 33.8 Å². The Labute approximate surface area is 231 Å². The van der Waals surface area contributed by atoms with E-state index in [9.17, 15) is 14.4 Å². The molecule has 0 radical (unpaired) electrons. The number of nitrogens with zero attached hydrogens (tertiary/aromatic N) is 5. The largest absolute Gasteiger partial charge is 0.444 e. The molecule has 2 aliphatic heterocycles. The van der Waals surface area contributed by atoms with Crippen molar-refractivity contribution in [3.05, 3.63) is 71.9 Å². The zero-order chi connectivity index (χ0) is 28.0. The lowest BCUT2D eigenvalue weighted by atomic mass is 10.1. The van der Waals surface area contributed by atoms with Crippen LogP contribution < -0.4 is 5.32 Å². The minimum absolute atomic E-state index is 0.00399. The standard InChI is InChI=1S/C30H30N6O4/c1-30(2,3)40-29(39)35-14-12-34(13-15-35)28(38)20-6-4-19(5-7-20)24-10-11-26-31-18-25(36(26)33-24)21-8-9-23-22(16-21)17-27(37)32-23/h4-11,16,18H,12-15,17H2,1-3H3,(H,32,37). The number of benzene rings is 2. The molecular formula is C30H30N6O4. The van der Waals surface area contributed by atoms with Crippen LogP contribution in [-0.4, -0.2) is 74.1 Å². The third-order valence-electron chi connectivity index (χ3n) is 7.03. The highest BCUT2D eigenvalue weighted by atomic mass is 16.6. The molecule has 0 aliphatic carbocycles. The fourth-order valence-electron chi connectivity index (χ4n) is 5.00. The lowest BCUT2D eigenvalue weighted by Crippen LogP contribution is -2.51. The van der Waals surface area contributed by atoms with Gasteiger partial charge in [0, 0.05) is 48.6 Å². The number of amides is 3. The van der Waals surface area contributed by atoms with Gasteiger partial charge in [0.2, 0.25) is 5.91 Å². The quantitative estimate of drug-likeness (QED) is 0.418. The van der Waals surface area contributed by atoms with Gasteiger partial charge in [0.05, 0.1) is 24.0 Å². The molecule has 0 spiro atoms. The van der Waals surface area contributed by atoms with Gasteiger partial charge in [-0.05, 0) is 62.7 Å². The molecule has 4 aromatic rings. The topological polar surface area (TPSA) is 109 Å². The van der Waals surface area contributed by atoms with Gasteiger partial charge in [0.15, 0.2) is 5.65 Å². The average molecular weight is 539 g/mol. The molecule has 0 unspecified atom stereocenters. The summed E-state index contributed by atoms with van der Waals surface area (Å²) in [4.78, 5) is 45.1. The fourth-order valence-corrected chi connectivity index (χ4v) is 5.00. The van der Waals surface area contributed by atoms with Crippen molar-refractivity contribution in [1.29, 1.82) is 0 Å². The number of nitrogens with one attached hydrogen (secondary N) is 1. The Hall–Kier alpha value is -4.73. The second kappa shape index (κ2) is 9.78. The van der Waals surface area contributed by atoms with Crippen LogP contribution in [-0.2, 0) is 16.0 Å². The second-order valence-electron chi connectivity index (χ2n) is 11.1. The first-order valence-electron chi connectivity index (χ1n) is 13.3. The van der Waals surface area contributed by atoms with E-state index in [2.05, 4.69) is 10.3 Å². The summed E-state index contributed by atoms with van der Waals surface area (Å²) in [6.45, 7) is 7.30. The summed E-state index contributed by atoms with van der Waals surface area (Å²) in [6, 6.07) is 17.1. The highest BCUT2D eigenvalue weighted by molar-refractivity contribution is 5.99. The van der Waals surface area contributed by atoms with Crippen LogP contribution >= 0.6 is 0 Å². The van der Waals surface area contributed by atoms with Crippen molar-refractivity contribution in [2.75, 3.05) is 31.5 Å². The van der Waals surface area contributed by atoms with Gasteiger partial charge in [0.25, 0.3) is 5.91 Å². The zero-order valence-corrected chi connectivity index (χ0v) is 22.7. The smallest absolute Gasteiger partial charge is 0.410 e. The van der Waals surface area contributed by atoms with Gasteiger partial charge in [-0.2, -0.15) is 5.10 Å². The number of imidazole rings is 1. The molecule has 0 atom stereocenters. The van der Waals surface area contributed by atoms with Crippen LogP contribution in [0.3, 0.4) is 0 Å². The Balaban J connectivity index is 1.16. The average Bonchev–Trinajstić information content (AvgIpc) is 3.53. The van der Waals surface area contributed by atoms with Crippen molar-refractivity contribution >= 4 is 29.2 Å². The molecule has 10 nitrogen and oxygen atoms in total. The number of piperazine rings is 1. The highest BCUT2D eigenvalue weighted by Gasteiger charge is 2.28. The van der Waals surface area contributed by atoms with E-state index < -0.39 is 5.60 Å². The zero-order valence-electron chi connectivity index (χ0n) is 22.7. The number of carbonyl (C=O) groups is 3. The van der Waals surface area contributed by atoms with Crippen molar-refractivity contribution in [1.82, 2.24) is 24.4 Å². The Morgan fingerprint density at radius 3 is 2.33 bits per heavy atom. The first kappa shape index (κ1) is 25.5. The van der Waals surface area contributed by atoms with Crippen LogP contribution in [0.4, 0.5) is 10.5 Å². The van der Waals surface area contributed by atoms with E-state index in [0.29, 0.717) is 43.8 Å². The summed E-state index contributed by atoms with van der Waals surface area (Å²) < 4.78 is 7.24. The van der Waals surface area contributed by atoms with E-state index in [1.165, 1.54) is 0 Å². The molecule has 0 saturated carbocycles. The third-order valence-corrected chi connectivity index (χ3v) is 7.03. The number of aromatic nitrogens is 3. The Morgan fingerprint density at radius 2 is 1.60 bits per heavy atom. The highest BCUT2D eigenvalue weighted by Crippen LogP contribution is 2.30. The number of ether oxygens (including phenoxy) is 1. The SMILES string of the molecule is CC(C)(C)OC(=O)N1CCN(C(=O)c2ccc(-c3ccc4ncc(-c5ccc6c(c5)CC(=O)N6)n4n3)cc2)CC1. The number of rotatable bonds is 3. The number of anilines is 1. The van der Waals surface area contributed by atoms with Gasteiger partial charge in [-0.15, -0.1) is 0 Å². The van der Waals surface area contributed by atoms with E-state index in [4.69, 9.17) is 9.84 Å². The Morgan fingerprint density at radius 1 is 0.900 bits per heavy atom. The number of hydrogen-bond donors (Lipinski definition) is 1. The van der Waals surface area contributed by atoms with E-state index in [1.54, 1.807) is 20.5 Å². The Bertz CT molecular complexity index is 1630. The number of carbonyl (C=O) groups excluding carboxylic acids is 3. The predicted octanol–water partition coefficient (Wildman–Crippen LogP) is 4.25. The third kappa shape index (κ3) is 5.00. The molecule has 4 heterocycles. The summed E-state index contributed by atoms with van der Waals surface area (Å²) in [5.41, 5.74) is 5.93. The fraction of sp³-hybridized carbons (Fsp3) is 0.300. The Kier molecular flexibility index (Phi) is 6.25. The first-order chi connectivity index (χ1) is 19.1.